The molecule has 2 saturated heterocycles. The number of imidazole rings is 1. The van der Waals surface area contributed by atoms with E-state index in [1.54, 1.807) is 12.4 Å². The zero-order valence-electron chi connectivity index (χ0n) is 38.1. The van der Waals surface area contributed by atoms with Crippen molar-refractivity contribution in [3.63, 3.8) is 0 Å². The number of ether oxygens (including phenoxy) is 2. The Kier molecular flexibility index (Phi) is 13.1. The van der Waals surface area contributed by atoms with Gasteiger partial charge in [0.1, 0.15) is 6.33 Å². The Labute approximate surface area is 359 Å². The molecule has 5 heterocycles. The fourth-order valence-electron chi connectivity index (χ4n) is 7.69. The summed E-state index contributed by atoms with van der Waals surface area (Å²) in [6.07, 6.45) is 5.79. The second kappa shape index (κ2) is 17.2. The highest BCUT2D eigenvalue weighted by Crippen LogP contribution is 2.45. The minimum absolute atomic E-state index is 0.0263. The molecule has 13 nitrogen and oxygen atoms in total. The number of anilines is 2. The van der Waals surface area contributed by atoms with Gasteiger partial charge in [0.25, 0.3) is 0 Å². The molecular formula is C45H70N6O7Si2. The van der Waals surface area contributed by atoms with Crippen LogP contribution >= 0.6 is 0 Å². The van der Waals surface area contributed by atoms with E-state index >= 15 is 0 Å². The summed E-state index contributed by atoms with van der Waals surface area (Å²) in [5.41, 5.74) is 6.02. The predicted molar refractivity (Wildman–Crippen MR) is 242 cm³/mol. The quantitative estimate of drug-likeness (QED) is 0.161. The van der Waals surface area contributed by atoms with Crippen LogP contribution < -0.4 is 16.0 Å². The molecule has 15 heteroatoms. The molecule has 4 aliphatic heterocycles. The van der Waals surface area contributed by atoms with Gasteiger partial charge in [-0.3, -0.25) is 9.47 Å². The minimum atomic E-state index is -1.88. The standard InChI is InChI=1S/C23H38N2O4Si.C22H32N4O3Si/c1-22(2,3)25(21(26)27)13-15-9-10-17-16(11-15)19-12-18(24-17)20(14-28-19)29-30(7,8)23(4,5)6;1-22(2,3)30(4,5)29-20-13-28-19-11-18(20)25-17-7-6-15(10-16(17)19)12-24-21(27)26-9-8-23-14-26/h9-11,18-20,24H,12-14H2,1-8H3,(H,26,27);6-10,14,18-20,25H,11-13H2,1-5H3,(H,24,27)/t2*18-,19-,20+/m00/s1. The number of carboxylic acid groups (broad SMARTS) is 1. The lowest BCUT2D eigenvalue weighted by atomic mass is 9.89. The lowest BCUT2D eigenvalue weighted by Gasteiger charge is -2.47. The maximum Gasteiger partial charge on any atom is 0.408 e. The number of rotatable bonds is 8. The van der Waals surface area contributed by atoms with Crippen molar-refractivity contribution in [2.75, 3.05) is 23.8 Å². The Morgan fingerprint density at radius 2 is 1.30 bits per heavy atom. The van der Waals surface area contributed by atoms with E-state index in [4.69, 9.17) is 18.3 Å². The zero-order chi connectivity index (χ0) is 44.0. The zero-order valence-corrected chi connectivity index (χ0v) is 40.1. The number of hydrogen-bond acceptors (Lipinski definition) is 9. The van der Waals surface area contributed by atoms with Gasteiger partial charge in [-0.25, -0.2) is 14.6 Å². The van der Waals surface area contributed by atoms with E-state index in [-0.39, 0.29) is 52.6 Å². The van der Waals surface area contributed by atoms with Gasteiger partial charge in [0.15, 0.2) is 16.6 Å². The van der Waals surface area contributed by atoms with Crippen LogP contribution in [-0.4, -0.2) is 91.4 Å². The van der Waals surface area contributed by atoms with Crippen LogP contribution in [0.5, 0.6) is 0 Å². The summed E-state index contributed by atoms with van der Waals surface area (Å²) < 4.78 is 27.2. The first-order valence-electron chi connectivity index (χ1n) is 21.5. The van der Waals surface area contributed by atoms with Crippen molar-refractivity contribution in [3.05, 3.63) is 77.4 Å². The Morgan fingerprint density at radius 3 is 1.73 bits per heavy atom. The summed E-state index contributed by atoms with van der Waals surface area (Å²) in [7, 11) is -3.74. The van der Waals surface area contributed by atoms with Crippen molar-refractivity contribution in [3.8, 4) is 0 Å². The lowest BCUT2D eigenvalue weighted by Crippen LogP contribution is -2.54. The summed E-state index contributed by atoms with van der Waals surface area (Å²) in [5.74, 6) is 0. The average molecular weight is 863 g/mol. The predicted octanol–water partition coefficient (Wildman–Crippen LogP) is 9.90. The maximum absolute atomic E-state index is 12.1. The van der Waals surface area contributed by atoms with Gasteiger partial charge in [0, 0.05) is 66.4 Å². The number of nitrogens with one attached hydrogen (secondary N) is 3. The molecule has 0 aliphatic carbocycles. The first kappa shape index (κ1) is 45.8. The molecule has 60 heavy (non-hydrogen) atoms. The Balaban J connectivity index is 0.000000201. The molecule has 7 rings (SSSR count). The third kappa shape index (κ3) is 10.3. The maximum atomic E-state index is 12.1. The molecule has 0 unspecified atom stereocenters. The van der Waals surface area contributed by atoms with Crippen molar-refractivity contribution in [2.24, 2.45) is 0 Å². The molecule has 4 bridgehead atoms. The molecule has 0 radical (unpaired) electrons. The van der Waals surface area contributed by atoms with Crippen LogP contribution in [0.1, 0.15) is 110 Å². The Bertz CT molecular complexity index is 1990. The number of aromatic nitrogens is 2. The fourth-order valence-corrected chi connectivity index (χ4v) is 10.4. The van der Waals surface area contributed by atoms with E-state index in [9.17, 15) is 14.7 Å². The number of fused-ring (bicyclic) bond motifs is 8. The van der Waals surface area contributed by atoms with Crippen LogP contribution in [0.15, 0.2) is 55.1 Å². The van der Waals surface area contributed by atoms with E-state index in [1.165, 1.54) is 15.8 Å². The summed E-state index contributed by atoms with van der Waals surface area (Å²) >= 11 is 0. The molecule has 6 atom stereocenters. The number of hydrogen-bond donors (Lipinski definition) is 4. The first-order valence-corrected chi connectivity index (χ1v) is 27.3. The molecule has 4 N–H and O–H groups in total. The van der Waals surface area contributed by atoms with E-state index in [1.807, 2.05) is 32.9 Å². The highest BCUT2D eigenvalue weighted by atomic mass is 28.4. The third-order valence-electron chi connectivity index (χ3n) is 13.4. The molecule has 2 aromatic carbocycles. The van der Waals surface area contributed by atoms with Crippen LogP contribution in [-0.2, 0) is 31.4 Å². The molecule has 2 amide bonds. The highest BCUT2D eigenvalue weighted by molar-refractivity contribution is 6.74. The number of carbonyl (C=O) groups is 2. The van der Waals surface area contributed by atoms with Gasteiger partial charge in [-0.15, -0.1) is 0 Å². The smallest absolute Gasteiger partial charge is 0.408 e. The van der Waals surface area contributed by atoms with Crippen LogP contribution in [0, 0.1) is 0 Å². The van der Waals surface area contributed by atoms with Gasteiger partial charge < -0.3 is 39.4 Å². The van der Waals surface area contributed by atoms with Crippen LogP contribution in [0.2, 0.25) is 36.3 Å². The van der Waals surface area contributed by atoms with Gasteiger partial charge >= 0.3 is 12.1 Å². The number of benzene rings is 2. The van der Waals surface area contributed by atoms with E-state index in [0.717, 1.165) is 46.5 Å². The summed E-state index contributed by atoms with van der Waals surface area (Å²) in [6, 6.07) is 12.7. The monoisotopic (exact) mass is 862 g/mol. The molecule has 1 aromatic heterocycles. The molecule has 0 saturated carbocycles. The lowest BCUT2D eigenvalue weighted by molar-refractivity contribution is -0.0620. The van der Waals surface area contributed by atoms with Crippen LogP contribution in [0.3, 0.4) is 0 Å². The van der Waals surface area contributed by atoms with Crippen molar-refractivity contribution in [1.82, 2.24) is 19.8 Å². The van der Waals surface area contributed by atoms with Crippen molar-refractivity contribution in [2.45, 2.75) is 167 Å². The van der Waals surface area contributed by atoms with Gasteiger partial charge in [0.05, 0.1) is 49.7 Å². The largest absolute Gasteiger partial charge is 0.465 e. The van der Waals surface area contributed by atoms with Crippen molar-refractivity contribution >= 4 is 40.1 Å². The Hall–Kier alpha value is -3.74. The highest BCUT2D eigenvalue weighted by Gasteiger charge is 2.46. The second-order valence-electron chi connectivity index (χ2n) is 21.0. The van der Waals surface area contributed by atoms with E-state index in [2.05, 4.69) is 113 Å². The molecule has 330 valence electrons. The molecule has 3 aromatic rings. The Morgan fingerprint density at radius 1 is 0.817 bits per heavy atom. The second-order valence-corrected chi connectivity index (χ2v) is 30.5. The first-order chi connectivity index (χ1) is 27.8. The van der Waals surface area contributed by atoms with Gasteiger partial charge in [-0.1, -0.05) is 53.7 Å². The van der Waals surface area contributed by atoms with Gasteiger partial charge in [0.2, 0.25) is 0 Å². The van der Waals surface area contributed by atoms with Crippen molar-refractivity contribution < 1.29 is 33.0 Å². The number of amides is 2. The van der Waals surface area contributed by atoms with Gasteiger partial charge in [-0.2, -0.15) is 0 Å². The fraction of sp³-hybridized carbons (Fsp3) is 0.622. The van der Waals surface area contributed by atoms with Gasteiger partial charge in [-0.05, 0) is 92.4 Å². The third-order valence-corrected chi connectivity index (χ3v) is 22.4. The summed E-state index contributed by atoms with van der Waals surface area (Å²) in [4.78, 5) is 29.2. The SMILES string of the molecule is CC(C)(C)N(Cc1ccc2c(c1)[C@@H]1C[C@H](N2)[C@H](O[Si](C)(C)C(C)(C)C)CO1)C(=O)O.CC(C)(C)[Si](C)(C)O[C@@H]1CO[C@H]2C[C@@H]1Nc1ccc(CNC(=O)n3ccnc3)cc12. The van der Waals surface area contributed by atoms with E-state index < -0.39 is 28.3 Å². The topological polar surface area (TPSA) is 148 Å². The molecule has 4 aliphatic rings. The van der Waals surface area contributed by atoms with Crippen LogP contribution in [0.25, 0.3) is 0 Å². The van der Waals surface area contributed by atoms with Crippen LogP contribution in [0.4, 0.5) is 21.0 Å². The minimum Gasteiger partial charge on any atom is -0.465 e. The average Bonchev–Trinajstić information content (AvgIpc) is 3.70. The number of nitrogens with zero attached hydrogens (tertiary/aromatic N) is 3. The van der Waals surface area contributed by atoms with Crippen molar-refractivity contribution in [1.29, 1.82) is 0 Å². The normalized spacial score (nSPS) is 23.8. The number of carbonyl (C=O) groups excluding carboxylic acids is 1. The van der Waals surface area contributed by atoms with E-state index in [0.29, 0.717) is 26.3 Å². The molecule has 0 spiro atoms. The summed E-state index contributed by atoms with van der Waals surface area (Å²) in [6.45, 7) is 30.5. The molecule has 2 fully saturated rings. The summed E-state index contributed by atoms with van der Waals surface area (Å²) in [5, 5.41) is 20.2. The molecular weight excluding hydrogens is 793 g/mol.